The lowest BCUT2D eigenvalue weighted by molar-refractivity contribution is -0.133. The third-order valence-electron chi connectivity index (χ3n) is 3.82. The van der Waals surface area contributed by atoms with Crippen LogP contribution in [0.2, 0.25) is 0 Å². The Morgan fingerprint density at radius 3 is 2.92 bits per heavy atom. The molecule has 0 saturated heterocycles. The number of thiophene rings is 1. The molecule has 0 aliphatic rings. The second-order valence-electron chi connectivity index (χ2n) is 6.13. The van der Waals surface area contributed by atoms with Crippen molar-refractivity contribution in [1.82, 2.24) is 24.8 Å². The van der Waals surface area contributed by atoms with Crippen LogP contribution in [-0.2, 0) is 24.8 Å². The van der Waals surface area contributed by atoms with Crippen LogP contribution in [-0.4, -0.2) is 36.8 Å². The van der Waals surface area contributed by atoms with E-state index < -0.39 is 0 Å². The van der Waals surface area contributed by atoms with Gasteiger partial charge in [0.25, 0.3) is 0 Å². The third-order valence-corrected chi connectivity index (χ3v) is 4.68. The van der Waals surface area contributed by atoms with Gasteiger partial charge in [-0.3, -0.25) is 9.48 Å². The molecule has 132 valence electrons. The van der Waals surface area contributed by atoms with Gasteiger partial charge < -0.3 is 9.42 Å². The molecule has 0 aliphatic heterocycles. The summed E-state index contributed by atoms with van der Waals surface area (Å²) in [5, 5.41) is 10.1. The molecule has 0 aliphatic carbocycles. The fourth-order valence-corrected chi connectivity index (χ4v) is 3.18. The molecule has 0 saturated carbocycles. The molecule has 0 radical (unpaired) electrons. The zero-order valence-electron chi connectivity index (χ0n) is 14.5. The predicted molar refractivity (Wildman–Crippen MR) is 94.8 cm³/mol. The van der Waals surface area contributed by atoms with Crippen molar-refractivity contribution >= 4 is 17.2 Å². The first kappa shape index (κ1) is 17.3. The summed E-state index contributed by atoms with van der Waals surface area (Å²) in [5.74, 6) is 1.13. The van der Waals surface area contributed by atoms with Crippen LogP contribution in [0.25, 0.3) is 10.7 Å². The number of rotatable bonds is 7. The molecule has 0 unspecified atom stereocenters. The van der Waals surface area contributed by atoms with Crippen LogP contribution < -0.4 is 0 Å². The van der Waals surface area contributed by atoms with Crippen molar-refractivity contribution in [2.24, 2.45) is 7.05 Å². The van der Waals surface area contributed by atoms with E-state index in [1.165, 1.54) is 0 Å². The van der Waals surface area contributed by atoms with Crippen molar-refractivity contribution in [2.45, 2.75) is 39.3 Å². The van der Waals surface area contributed by atoms with Crippen LogP contribution >= 0.6 is 11.3 Å². The summed E-state index contributed by atoms with van der Waals surface area (Å²) in [6.45, 7) is 4.57. The Kier molecular flexibility index (Phi) is 5.28. The summed E-state index contributed by atoms with van der Waals surface area (Å²) in [6.07, 6.45) is 4.49. The fourth-order valence-electron chi connectivity index (χ4n) is 2.53. The number of amides is 1. The highest BCUT2D eigenvalue weighted by Crippen LogP contribution is 2.21. The van der Waals surface area contributed by atoms with E-state index in [4.69, 9.17) is 4.52 Å². The van der Waals surface area contributed by atoms with E-state index in [0.29, 0.717) is 31.1 Å². The number of aromatic nitrogens is 4. The Bertz CT molecular complexity index is 822. The molecular formula is C17H21N5O2S. The standard InChI is InChI=1S/C17H21N5O2S/c1-12(2)22(11-13-9-18-21(3)10-13)16(23)7-6-15-19-17(20-24-15)14-5-4-8-25-14/h4-5,8-10,12H,6-7,11H2,1-3H3. The van der Waals surface area contributed by atoms with Crippen LogP contribution in [0.5, 0.6) is 0 Å². The Balaban J connectivity index is 1.60. The average Bonchev–Trinajstić information content (AvgIpc) is 3.31. The normalized spacial score (nSPS) is 11.2. The van der Waals surface area contributed by atoms with Gasteiger partial charge in [-0.15, -0.1) is 11.3 Å². The molecule has 25 heavy (non-hydrogen) atoms. The minimum Gasteiger partial charge on any atom is -0.339 e. The molecule has 0 spiro atoms. The van der Waals surface area contributed by atoms with E-state index in [1.807, 2.05) is 49.5 Å². The summed E-state index contributed by atoms with van der Waals surface area (Å²) in [6, 6.07) is 3.99. The van der Waals surface area contributed by atoms with Gasteiger partial charge in [-0.25, -0.2) is 0 Å². The van der Waals surface area contributed by atoms with Crippen molar-refractivity contribution in [3.05, 3.63) is 41.4 Å². The van der Waals surface area contributed by atoms with Gasteiger partial charge in [-0.1, -0.05) is 11.2 Å². The first-order valence-electron chi connectivity index (χ1n) is 8.16. The summed E-state index contributed by atoms with van der Waals surface area (Å²) in [4.78, 5) is 19.8. The van der Waals surface area contributed by atoms with Crippen molar-refractivity contribution < 1.29 is 9.32 Å². The molecule has 0 bridgehead atoms. The van der Waals surface area contributed by atoms with Crippen molar-refractivity contribution in [1.29, 1.82) is 0 Å². The maximum atomic E-state index is 12.6. The third kappa shape index (κ3) is 4.33. The highest BCUT2D eigenvalue weighted by atomic mass is 32.1. The molecular weight excluding hydrogens is 338 g/mol. The van der Waals surface area contributed by atoms with Crippen LogP contribution in [0.15, 0.2) is 34.4 Å². The molecule has 3 heterocycles. The predicted octanol–water partition coefficient (Wildman–Crippen LogP) is 2.90. The molecule has 0 fully saturated rings. The number of nitrogens with zero attached hydrogens (tertiary/aromatic N) is 5. The number of carbonyl (C=O) groups is 1. The van der Waals surface area contributed by atoms with E-state index in [2.05, 4.69) is 15.2 Å². The number of aryl methyl sites for hydroxylation is 2. The average molecular weight is 359 g/mol. The summed E-state index contributed by atoms with van der Waals surface area (Å²) >= 11 is 1.56. The lowest BCUT2D eigenvalue weighted by Gasteiger charge is -2.26. The quantitative estimate of drug-likeness (QED) is 0.648. The zero-order valence-corrected chi connectivity index (χ0v) is 15.4. The summed E-state index contributed by atoms with van der Waals surface area (Å²) in [7, 11) is 1.87. The molecule has 3 rings (SSSR count). The second kappa shape index (κ2) is 7.60. The maximum absolute atomic E-state index is 12.6. The van der Waals surface area contributed by atoms with Crippen molar-refractivity contribution in [3.8, 4) is 10.7 Å². The Hall–Kier alpha value is -2.48. The van der Waals surface area contributed by atoms with Gasteiger partial charge in [0, 0.05) is 44.2 Å². The summed E-state index contributed by atoms with van der Waals surface area (Å²) < 4.78 is 7.00. The highest BCUT2D eigenvalue weighted by Gasteiger charge is 2.19. The lowest BCUT2D eigenvalue weighted by Crippen LogP contribution is -2.36. The molecule has 1 amide bonds. The fraction of sp³-hybridized carbons (Fsp3) is 0.412. The Labute approximate surface area is 150 Å². The monoisotopic (exact) mass is 359 g/mol. The Morgan fingerprint density at radius 1 is 1.44 bits per heavy atom. The van der Waals surface area contributed by atoms with E-state index in [9.17, 15) is 4.79 Å². The van der Waals surface area contributed by atoms with Crippen molar-refractivity contribution in [2.75, 3.05) is 0 Å². The van der Waals surface area contributed by atoms with E-state index >= 15 is 0 Å². The van der Waals surface area contributed by atoms with E-state index in [1.54, 1.807) is 22.2 Å². The van der Waals surface area contributed by atoms with Gasteiger partial charge in [0.05, 0.1) is 11.1 Å². The molecule has 0 N–H and O–H groups in total. The van der Waals surface area contributed by atoms with E-state index in [-0.39, 0.29) is 11.9 Å². The number of hydrogen-bond acceptors (Lipinski definition) is 6. The number of hydrogen-bond donors (Lipinski definition) is 0. The molecule has 7 nitrogen and oxygen atoms in total. The van der Waals surface area contributed by atoms with Gasteiger partial charge >= 0.3 is 0 Å². The topological polar surface area (TPSA) is 77.1 Å². The molecule has 0 aromatic carbocycles. The van der Waals surface area contributed by atoms with Crippen LogP contribution in [0, 0.1) is 0 Å². The molecule has 3 aromatic rings. The van der Waals surface area contributed by atoms with Crippen molar-refractivity contribution in [3.63, 3.8) is 0 Å². The maximum Gasteiger partial charge on any atom is 0.227 e. The van der Waals surface area contributed by atoms with Crippen LogP contribution in [0.4, 0.5) is 0 Å². The summed E-state index contributed by atoms with van der Waals surface area (Å²) in [5.41, 5.74) is 1.02. The highest BCUT2D eigenvalue weighted by molar-refractivity contribution is 7.13. The lowest BCUT2D eigenvalue weighted by atomic mass is 10.2. The van der Waals surface area contributed by atoms with Crippen LogP contribution in [0.1, 0.15) is 31.7 Å². The van der Waals surface area contributed by atoms with Gasteiger partial charge in [0.2, 0.25) is 17.6 Å². The first-order chi connectivity index (χ1) is 12.0. The number of carbonyl (C=O) groups excluding carboxylic acids is 1. The largest absolute Gasteiger partial charge is 0.339 e. The van der Waals surface area contributed by atoms with Gasteiger partial charge in [0.15, 0.2) is 0 Å². The zero-order chi connectivity index (χ0) is 17.8. The Morgan fingerprint density at radius 2 is 2.28 bits per heavy atom. The second-order valence-corrected chi connectivity index (χ2v) is 7.07. The first-order valence-corrected chi connectivity index (χ1v) is 9.04. The molecule has 3 aromatic heterocycles. The minimum absolute atomic E-state index is 0.0646. The van der Waals surface area contributed by atoms with Gasteiger partial charge in [-0.2, -0.15) is 10.1 Å². The van der Waals surface area contributed by atoms with Crippen LogP contribution in [0.3, 0.4) is 0 Å². The van der Waals surface area contributed by atoms with E-state index in [0.717, 1.165) is 10.4 Å². The van der Waals surface area contributed by atoms with Gasteiger partial charge in [-0.05, 0) is 25.3 Å². The molecule has 0 atom stereocenters. The minimum atomic E-state index is 0.0646. The smallest absolute Gasteiger partial charge is 0.227 e. The molecule has 8 heteroatoms. The van der Waals surface area contributed by atoms with Gasteiger partial charge in [0.1, 0.15) is 0 Å². The SMILES string of the molecule is CC(C)N(Cc1cnn(C)c1)C(=O)CCc1nc(-c2cccs2)no1.